The highest BCUT2D eigenvalue weighted by Crippen LogP contribution is 2.29. The van der Waals surface area contributed by atoms with Gasteiger partial charge in [-0.2, -0.15) is 0 Å². The van der Waals surface area contributed by atoms with Crippen LogP contribution in [0.15, 0.2) is 29.3 Å². The van der Waals surface area contributed by atoms with Crippen molar-refractivity contribution in [2.75, 3.05) is 31.1 Å². The van der Waals surface area contributed by atoms with E-state index in [2.05, 4.69) is 14.9 Å². The molecule has 0 spiro atoms. The third-order valence-electron chi connectivity index (χ3n) is 5.06. The average molecular weight is 401 g/mol. The minimum Gasteiger partial charge on any atom is -0.345 e. The first-order valence-corrected chi connectivity index (χ1v) is 9.85. The summed E-state index contributed by atoms with van der Waals surface area (Å²) in [6.45, 7) is 5.88. The third-order valence-corrected chi connectivity index (χ3v) is 6.14. The molecule has 0 N–H and O–H groups in total. The fraction of sp³-hybridized carbons (Fsp3) is 0.368. The molecule has 1 aliphatic heterocycles. The Bertz CT molecular complexity index is 1100. The van der Waals surface area contributed by atoms with Gasteiger partial charge in [-0.05, 0) is 32.0 Å². The summed E-state index contributed by atoms with van der Waals surface area (Å²) < 4.78 is 15.6. The number of nitrogens with zero attached hydrogens (tertiary/aromatic N) is 5. The SMILES string of the molecule is Cc1ncn(CC(=O)N2CCN(c3nc4ccc(F)cc4s3)CC2)c(=O)c1C. The number of piperazine rings is 1. The van der Waals surface area contributed by atoms with Crippen molar-refractivity contribution in [1.82, 2.24) is 19.4 Å². The van der Waals surface area contributed by atoms with E-state index in [1.807, 2.05) is 0 Å². The summed E-state index contributed by atoms with van der Waals surface area (Å²) in [4.78, 5) is 37.5. The molecule has 28 heavy (non-hydrogen) atoms. The summed E-state index contributed by atoms with van der Waals surface area (Å²) in [5.41, 5.74) is 1.84. The number of aryl methyl sites for hydroxylation is 1. The predicted octanol–water partition coefficient (Wildman–Crippen LogP) is 1.96. The Morgan fingerprint density at radius 3 is 2.71 bits per heavy atom. The number of hydrogen-bond acceptors (Lipinski definition) is 6. The van der Waals surface area contributed by atoms with Crippen molar-refractivity contribution in [2.24, 2.45) is 0 Å². The Balaban J connectivity index is 1.41. The van der Waals surface area contributed by atoms with Crippen molar-refractivity contribution in [3.05, 3.63) is 52.0 Å². The van der Waals surface area contributed by atoms with Gasteiger partial charge in [0.2, 0.25) is 5.91 Å². The van der Waals surface area contributed by atoms with E-state index in [-0.39, 0.29) is 23.8 Å². The Kier molecular flexibility index (Phi) is 4.84. The van der Waals surface area contributed by atoms with E-state index < -0.39 is 0 Å². The van der Waals surface area contributed by atoms with Gasteiger partial charge in [-0.1, -0.05) is 11.3 Å². The lowest BCUT2D eigenvalue weighted by Crippen LogP contribution is -2.50. The largest absolute Gasteiger partial charge is 0.345 e. The molecule has 1 aliphatic rings. The first-order chi connectivity index (χ1) is 13.4. The van der Waals surface area contributed by atoms with Crippen LogP contribution in [0, 0.1) is 19.7 Å². The van der Waals surface area contributed by atoms with Crippen molar-refractivity contribution < 1.29 is 9.18 Å². The average Bonchev–Trinajstić information content (AvgIpc) is 3.11. The first kappa shape index (κ1) is 18.5. The number of carbonyl (C=O) groups is 1. The van der Waals surface area contributed by atoms with Crippen LogP contribution in [0.3, 0.4) is 0 Å². The van der Waals surface area contributed by atoms with Gasteiger partial charge in [-0.15, -0.1) is 0 Å². The molecular weight excluding hydrogens is 381 g/mol. The summed E-state index contributed by atoms with van der Waals surface area (Å²) in [7, 11) is 0. The number of fused-ring (bicyclic) bond motifs is 1. The second-order valence-corrected chi connectivity index (χ2v) is 7.87. The lowest BCUT2D eigenvalue weighted by molar-refractivity contribution is -0.132. The zero-order valence-electron chi connectivity index (χ0n) is 15.7. The number of hydrogen-bond donors (Lipinski definition) is 0. The predicted molar refractivity (Wildman–Crippen MR) is 106 cm³/mol. The third kappa shape index (κ3) is 3.49. The standard InChI is InChI=1S/C19H20FN5O2S/c1-12-13(2)21-11-25(18(12)27)10-17(26)23-5-7-24(8-6-23)19-22-15-4-3-14(20)9-16(15)28-19/h3-4,9,11H,5-8,10H2,1-2H3. The van der Waals surface area contributed by atoms with E-state index in [0.29, 0.717) is 37.4 Å². The van der Waals surface area contributed by atoms with Crippen LogP contribution < -0.4 is 10.5 Å². The van der Waals surface area contributed by atoms with E-state index in [9.17, 15) is 14.0 Å². The van der Waals surface area contributed by atoms with Crippen LogP contribution >= 0.6 is 11.3 Å². The Labute approximate surface area is 165 Å². The first-order valence-electron chi connectivity index (χ1n) is 9.04. The van der Waals surface area contributed by atoms with Crippen molar-refractivity contribution in [3.8, 4) is 0 Å². The lowest BCUT2D eigenvalue weighted by atomic mass is 10.2. The van der Waals surface area contributed by atoms with Gasteiger partial charge in [0, 0.05) is 37.4 Å². The molecule has 1 fully saturated rings. The highest BCUT2D eigenvalue weighted by atomic mass is 32.1. The van der Waals surface area contributed by atoms with Crippen LogP contribution in [-0.4, -0.2) is 51.5 Å². The highest BCUT2D eigenvalue weighted by molar-refractivity contribution is 7.22. The number of amides is 1. The summed E-state index contributed by atoms with van der Waals surface area (Å²) in [5, 5.41) is 0.835. The fourth-order valence-electron chi connectivity index (χ4n) is 3.20. The number of halogens is 1. The van der Waals surface area contributed by atoms with E-state index in [0.717, 1.165) is 15.3 Å². The molecule has 1 amide bonds. The molecule has 0 saturated carbocycles. The molecular formula is C19H20FN5O2S. The van der Waals surface area contributed by atoms with Crippen LogP contribution in [0.4, 0.5) is 9.52 Å². The molecule has 1 saturated heterocycles. The minimum absolute atomic E-state index is 0.00658. The number of benzene rings is 1. The second-order valence-electron chi connectivity index (χ2n) is 6.86. The van der Waals surface area contributed by atoms with E-state index in [4.69, 9.17) is 0 Å². The molecule has 9 heteroatoms. The zero-order chi connectivity index (χ0) is 19.8. The minimum atomic E-state index is -0.269. The molecule has 3 heterocycles. The quantitative estimate of drug-likeness (QED) is 0.671. The molecule has 1 aromatic carbocycles. The van der Waals surface area contributed by atoms with E-state index in [1.54, 1.807) is 24.8 Å². The number of aromatic nitrogens is 3. The second kappa shape index (κ2) is 7.31. The van der Waals surface area contributed by atoms with Gasteiger partial charge in [-0.25, -0.2) is 14.4 Å². The molecule has 0 radical (unpaired) electrons. The van der Waals surface area contributed by atoms with Gasteiger partial charge < -0.3 is 9.80 Å². The Hall–Kier alpha value is -2.81. The smallest absolute Gasteiger partial charge is 0.256 e. The van der Waals surface area contributed by atoms with Crippen LogP contribution in [0.25, 0.3) is 10.2 Å². The molecule has 146 valence electrons. The number of anilines is 1. The van der Waals surface area contributed by atoms with Gasteiger partial charge in [-0.3, -0.25) is 14.2 Å². The normalized spacial score (nSPS) is 14.7. The molecule has 0 atom stereocenters. The highest BCUT2D eigenvalue weighted by Gasteiger charge is 2.23. The zero-order valence-corrected chi connectivity index (χ0v) is 16.5. The Morgan fingerprint density at radius 2 is 1.96 bits per heavy atom. The molecule has 0 bridgehead atoms. The lowest BCUT2D eigenvalue weighted by Gasteiger charge is -2.34. The van der Waals surface area contributed by atoms with Crippen LogP contribution in [0.5, 0.6) is 0 Å². The fourth-order valence-corrected chi connectivity index (χ4v) is 4.24. The van der Waals surface area contributed by atoms with Crippen molar-refractivity contribution in [1.29, 1.82) is 0 Å². The number of carbonyl (C=O) groups excluding carboxylic acids is 1. The van der Waals surface area contributed by atoms with Crippen molar-refractivity contribution in [2.45, 2.75) is 20.4 Å². The van der Waals surface area contributed by atoms with Gasteiger partial charge in [0.15, 0.2) is 5.13 Å². The van der Waals surface area contributed by atoms with Crippen LogP contribution in [-0.2, 0) is 11.3 Å². The topological polar surface area (TPSA) is 71.3 Å². The number of thiazole rings is 1. The molecule has 2 aromatic heterocycles. The van der Waals surface area contributed by atoms with Crippen molar-refractivity contribution >= 4 is 32.6 Å². The van der Waals surface area contributed by atoms with Gasteiger partial charge in [0.25, 0.3) is 5.56 Å². The van der Waals surface area contributed by atoms with Crippen molar-refractivity contribution in [3.63, 3.8) is 0 Å². The summed E-state index contributed by atoms with van der Waals surface area (Å²) in [6, 6.07) is 4.58. The van der Waals surface area contributed by atoms with Gasteiger partial charge in [0.05, 0.1) is 16.5 Å². The molecule has 3 aromatic rings. The monoisotopic (exact) mass is 401 g/mol. The molecule has 0 aliphatic carbocycles. The summed E-state index contributed by atoms with van der Waals surface area (Å²) >= 11 is 1.45. The Morgan fingerprint density at radius 1 is 1.21 bits per heavy atom. The van der Waals surface area contributed by atoms with Crippen LogP contribution in [0.2, 0.25) is 0 Å². The van der Waals surface area contributed by atoms with E-state index in [1.165, 1.54) is 34.4 Å². The molecule has 7 nitrogen and oxygen atoms in total. The summed E-state index contributed by atoms with van der Waals surface area (Å²) in [6.07, 6.45) is 1.43. The maximum atomic E-state index is 13.4. The molecule has 4 rings (SSSR count). The van der Waals surface area contributed by atoms with Gasteiger partial charge in [0.1, 0.15) is 12.4 Å². The van der Waals surface area contributed by atoms with Gasteiger partial charge >= 0.3 is 0 Å². The summed E-state index contributed by atoms with van der Waals surface area (Å²) in [5.74, 6) is -0.368. The van der Waals surface area contributed by atoms with Crippen LogP contribution in [0.1, 0.15) is 11.3 Å². The maximum Gasteiger partial charge on any atom is 0.256 e. The molecule has 0 unspecified atom stereocenters. The maximum absolute atomic E-state index is 13.4. The van der Waals surface area contributed by atoms with E-state index >= 15 is 0 Å². The number of rotatable bonds is 3.